The highest BCUT2D eigenvalue weighted by molar-refractivity contribution is 9.10. The topological polar surface area (TPSA) is 66.8 Å². The molecule has 0 bridgehead atoms. The van der Waals surface area contributed by atoms with Gasteiger partial charge in [-0.3, -0.25) is 9.79 Å². The summed E-state index contributed by atoms with van der Waals surface area (Å²) in [5.74, 6) is -0.389. The highest BCUT2D eigenvalue weighted by Crippen LogP contribution is 2.44. The van der Waals surface area contributed by atoms with Crippen LogP contribution in [0.15, 0.2) is 33.7 Å². The second-order valence-electron chi connectivity index (χ2n) is 10.7. The molecule has 6 rings (SSSR count). The number of aromatic nitrogens is 1. The minimum Gasteiger partial charge on any atom is -0.373 e. The SMILES string of the molecule is C[C@H]1C[C@@]2(CCN1c1cc(Br)cc(F)c1COC1CC1)N=C(c1ccc(C(F)(F)F)nc1C1CC1)NC2=O. The lowest BCUT2D eigenvalue weighted by atomic mass is 9.83. The van der Waals surface area contributed by atoms with E-state index in [9.17, 15) is 22.4 Å². The third-order valence-electron chi connectivity index (χ3n) is 7.78. The van der Waals surface area contributed by atoms with E-state index in [2.05, 4.69) is 31.1 Å². The van der Waals surface area contributed by atoms with E-state index in [0.717, 1.165) is 37.4 Å². The molecule has 2 atom stereocenters. The zero-order valence-electron chi connectivity index (χ0n) is 20.7. The summed E-state index contributed by atoms with van der Waals surface area (Å²) in [4.78, 5) is 24.1. The van der Waals surface area contributed by atoms with Crippen molar-refractivity contribution in [3.8, 4) is 0 Å². The van der Waals surface area contributed by atoms with Crippen molar-refractivity contribution in [1.29, 1.82) is 0 Å². The molecule has 11 heteroatoms. The van der Waals surface area contributed by atoms with Gasteiger partial charge in [-0.2, -0.15) is 13.2 Å². The van der Waals surface area contributed by atoms with E-state index in [1.165, 1.54) is 12.1 Å². The number of hydrogen-bond donors (Lipinski definition) is 1. The summed E-state index contributed by atoms with van der Waals surface area (Å²) in [6.07, 6.45) is -0.0945. The molecule has 1 N–H and O–H groups in total. The molecule has 202 valence electrons. The van der Waals surface area contributed by atoms with Crippen LogP contribution in [0.4, 0.5) is 23.2 Å². The first kappa shape index (κ1) is 25.7. The maximum atomic E-state index is 15.0. The summed E-state index contributed by atoms with van der Waals surface area (Å²) in [5, 5.41) is 2.84. The Morgan fingerprint density at radius 3 is 2.63 bits per heavy atom. The molecule has 6 nitrogen and oxygen atoms in total. The first-order chi connectivity index (χ1) is 18.0. The zero-order valence-corrected chi connectivity index (χ0v) is 22.3. The third kappa shape index (κ3) is 4.83. The number of aliphatic imine (C=N–C) groups is 1. The lowest BCUT2D eigenvalue weighted by Gasteiger charge is -2.42. The first-order valence-electron chi connectivity index (χ1n) is 12.9. The van der Waals surface area contributed by atoms with Crippen LogP contribution in [0.1, 0.15) is 73.9 Å². The second-order valence-corrected chi connectivity index (χ2v) is 11.7. The van der Waals surface area contributed by atoms with Crippen LogP contribution in [0.3, 0.4) is 0 Å². The number of halogens is 5. The molecule has 1 amide bonds. The fourth-order valence-electron chi connectivity index (χ4n) is 5.46. The zero-order chi connectivity index (χ0) is 26.8. The molecule has 1 aromatic heterocycles. The monoisotopic (exact) mass is 594 g/mol. The molecule has 2 saturated carbocycles. The highest BCUT2D eigenvalue weighted by Gasteiger charge is 2.49. The van der Waals surface area contributed by atoms with Gasteiger partial charge in [-0.25, -0.2) is 9.37 Å². The highest BCUT2D eigenvalue weighted by atomic mass is 79.9. The molecule has 2 aromatic rings. The van der Waals surface area contributed by atoms with Crippen molar-refractivity contribution >= 4 is 33.4 Å². The number of nitrogens with one attached hydrogen (secondary N) is 1. The molecule has 2 aliphatic heterocycles. The van der Waals surface area contributed by atoms with Gasteiger partial charge in [0.05, 0.1) is 18.4 Å². The molecule has 3 heterocycles. The maximum absolute atomic E-state index is 15.0. The molecular formula is C27H27BrF4N4O2. The summed E-state index contributed by atoms with van der Waals surface area (Å²) in [5.41, 5.74) is 0.0377. The van der Waals surface area contributed by atoms with Gasteiger partial charge in [0.2, 0.25) is 0 Å². The average Bonchev–Trinajstić information content (AvgIpc) is 3.77. The largest absolute Gasteiger partial charge is 0.433 e. The van der Waals surface area contributed by atoms with E-state index < -0.39 is 17.4 Å². The number of hydrogen-bond acceptors (Lipinski definition) is 5. The van der Waals surface area contributed by atoms with E-state index in [4.69, 9.17) is 9.73 Å². The summed E-state index contributed by atoms with van der Waals surface area (Å²) in [6, 6.07) is 5.47. The molecule has 4 aliphatic rings. The Hall–Kier alpha value is -2.53. The van der Waals surface area contributed by atoms with E-state index in [0.29, 0.717) is 40.7 Å². The van der Waals surface area contributed by atoms with Crippen molar-refractivity contribution < 1.29 is 27.1 Å². The standard InChI is InChI=1S/C27H27BrF4N4O2/c1-14-12-26(8-9-36(14)21-11-16(28)10-20(29)19(21)13-38-17-4-5-17)25(37)34-24(35-26)18-6-7-22(27(30,31)32)33-23(18)15-2-3-15/h6-7,10-11,14-15,17H,2-5,8-9,12-13H2,1H3,(H,34,35,37)/t14-,26+/m0/s1. The van der Waals surface area contributed by atoms with E-state index in [-0.39, 0.29) is 42.2 Å². The van der Waals surface area contributed by atoms with Crippen LogP contribution in [-0.4, -0.2) is 41.0 Å². The molecule has 1 spiro atoms. The second kappa shape index (κ2) is 9.29. The lowest BCUT2D eigenvalue weighted by molar-refractivity contribution is -0.141. The summed E-state index contributed by atoms with van der Waals surface area (Å²) < 4.78 is 61.3. The molecular weight excluding hydrogens is 568 g/mol. The number of pyridine rings is 1. The van der Waals surface area contributed by atoms with Gasteiger partial charge in [-0.1, -0.05) is 15.9 Å². The molecule has 0 radical (unpaired) electrons. The van der Waals surface area contributed by atoms with Crippen molar-refractivity contribution in [1.82, 2.24) is 10.3 Å². The Kier molecular flexibility index (Phi) is 6.29. The van der Waals surface area contributed by atoms with Crippen molar-refractivity contribution in [3.05, 3.63) is 57.1 Å². The number of piperidine rings is 1. The summed E-state index contributed by atoms with van der Waals surface area (Å²) in [7, 11) is 0. The number of carbonyl (C=O) groups is 1. The number of amides is 1. The van der Waals surface area contributed by atoms with Crippen molar-refractivity contribution in [3.63, 3.8) is 0 Å². The number of anilines is 1. The predicted octanol–water partition coefficient (Wildman–Crippen LogP) is 5.86. The van der Waals surface area contributed by atoms with Gasteiger partial charge in [-0.05, 0) is 63.3 Å². The van der Waals surface area contributed by atoms with Gasteiger partial charge in [0.15, 0.2) is 0 Å². The number of ether oxygens (including phenoxy) is 1. The fourth-order valence-corrected chi connectivity index (χ4v) is 5.88. The first-order valence-corrected chi connectivity index (χ1v) is 13.7. The minimum absolute atomic E-state index is 0.0630. The summed E-state index contributed by atoms with van der Waals surface area (Å²) in [6.45, 7) is 2.61. The van der Waals surface area contributed by atoms with Gasteiger partial charge >= 0.3 is 6.18 Å². The minimum atomic E-state index is -4.54. The van der Waals surface area contributed by atoms with Crippen LogP contribution in [0, 0.1) is 5.82 Å². The smallest absolute Gasteiger partial charge is 0.373 e. The maximum Gasteiger partial charge on any atom is 0.433 e. The molecule has 0 unspecified atom stereocenters. The van der Waals surface area contributed by atoms with Crippen LogP contribution < -0.4 is 10.2 Å². The van der Waals surface area contributed by atoms with Crippen LogP contribution in [0.25, 0.3) is 0 Å². The molecule has 38 heavy (non-hydrogen) atoms. The van der Waals surface area contributed by atoms with Gasteiger partial charge in [-0.15, -0.1) is 0 Å². The predicted molar refractivity (Wildman–Crippen MR) is 137 cm³/mol. The van der Waals surface area contributed by atoms with Crippen molar-refractivity contribution in [2.75, 3.05) is 11.4 Å². The number of rotatable bonds is 6. The number of benzene rings is 1. The molecule has 1 saturated heterocycles. The summed E-state index contributed by atoms with van der Waals surface area (Å²) >= 11 is 3.40. The van der Waals surface area contributed by atoms with Crippen LogP contribution in [0.5, 0.6) is 0 Å². The molecule has 3 fully saturated rings. The number of carbonyl (C=O) groups excluding carboxylic acids is 1. The van der Waals surface area contributed by atoms with Gasteiger partial charge < -0.3 is 15.0 Å². The Balaban J connectivity index is 1.28. The quantitative estimate of drug-likeness (QED) is 0.425. The van der Waals surface area contributed by atoms with Crippen LogP contribution in [0.2, 0.25) is 0 Å². The average molecular weight is 595 g/mol. The van der Waals surface area contributed by atoms with Crippen molar-refractivity contribution in [2.45, 2.75) is 81.8 Å². The Labute approximate surface area is 226 Å². The van der Waals surface area contributed by atoms with Crippen molar-refractivity contribution in [2.24, 2.45) is 4.99 Å². The number of amidine groups is 1. The molecule has 2 aliphatic carbocycles. The number of alkyl halides is 3. The Morgan fingerprint density at radius 1 is 1.21 bits per heavy atom. The lowest BCUT2D eigenvalue weighted by Crippen LogP contribution is -2.53. The van der Waals surface area contributed by atoms with Crippen LogP contribution >= 0.6 is 15.9 Å². The Morgan fingerprint density at radius 2 is 1.97 bits per heavy atom. The van der Waals surface area contributed by atoms with Gasteiger partial charge in [0.25, 0.3) is 5.91 Å². The normalized spacial score (nSPS) is 25.6. The van der Waals surface area contributed by atoms with Crippen LogP contribution in [-0.2, 0) is 22.3 Å². The third-order valence-corrected chi connectivity index (χ3v) is 8.24. The Bertz CT molecular complexity index is 1320. The van der Waals surface area contributed by atoms with Gasteiger partial charge in [0, 0.05) is 46.2 Å². The fraction of sp³-hybridized carbons (Fsp3) is 0.519. The van der Waals surface area contributed by atoms with E-state index in [1.54, 1.807) is 0 Å². The van der Waals surface area contributed by atoms with E-state index in [1.807, 2.05) is 13.0 Å². The van der Waals surface area contributed by atoms with E-state index >= 15 is 0 Å². The number of nitrogens with zero attached hydrogens (tertiary/aromatic N) is 3. The van der Waals surface area contributed by atoms with Gasteiger partial charge in [0.1, 0.15) is 22.9 Å². The molecule has 1 aromatic carbocycles.